The van der Waals surface area contributed by atoms with Gasteiger partial charge >= 0.3 is 0 Å². The average molecular weight is 598 g/mol. The van der Waals surface area contributed by atoms with E-state index in [0.29, 0.717) is 22.0 Å². The van der Waals surface area contributed by atoms with Gasteiger partial charge in [-0.3, -0.25) is 13.8 Å². The van der Waals surface area contributed by atoms with Crippen LogP contribution in [0.3, 0.4) is 0 Å². The number of amides is 1. The zero-order valence-electron chi connectivity index (χ0n) is 22.1. The Morgan fingerprint density at radius 1 is 0.750 bits per heavy atom. The zero-order chi connectivity index (χ0) is 29.1. The highest BCUT2D eigenvalue weighted by Gasteiger charge is 2.29. The third-order valence-electron chi connectivity index (χ3n) is 6.12. The Kier molecular flexibility index (Phi) is 8.53. The Morgan fingerprint density at radius 2 is 1.38 bits per heavy atom. The normalized spacial score (nSPS) is 11.6. The summed E-state index contributed by atoms with van der Waals surface area (Å²) in [6, 6.07) is 23.7. The highest BCUT2D eigenvalue weighted by molar-refractivity contribution is 7.93. The van der Waals surface area contributed by atoms with Crippen molar-refractivity contribution < 1.29 is 21.6 Å². The Labute approximate surface area is 239 Å². The van der Waals surface area contributed by atoms with Crippen molar-refractivity contribution in [2.24, 2.45) is 0 Å². The zero-order valence-corrected chi connectivity index (χ0v) is 24.4. The molecular weight excluding hydrogens is 570 g/mol. The van der Waals surface area contributed by atoms with Crippen LogP contribution in [0.1, 0.15) is 16.7 Å². The first kappa shape index (κ1) is 29.1. The summed E-state index contributed by atoms with van der Waals surface area (Å²) in [4.78, 5) is 13.1. The van der Waals surface area contributed by atoms with Gasteiger partial charge in [0.2, 0.25) is 5.91 Å². The molecule has 0 aliphatic rings. The second-order valence-electron chi connectivity index (χ2n) is 9.26. The molecule has 1 amide bonds. The van der Waals surface area contributed by atoms with E-state index in [0.717, 1.165) is 15.4 Å². The Balaban J connectivity index is 1.56. The molecule has 0 aliphatic carbocycles. The molecule has 4 aromatic rings. The van der Waals surface area contributed by atoms with Gasteiger partial charge in [-0.15, -0.1) is 0 Å². The van der Waals surface area contributed by atoms with Crippen LogP contribution < -0.4 is 14.3 Å². The number of nitrogens with zero attached hydrogens (tertiary/aromatic N) is 1. The molecule has 0 aromatic heterocycles. The second kappa shape index (κ2) is 11.7. The van der Waals surface area contributed by atoms with Crippen molar-refractivity contribution in [1.82, 2.24) is 0 Å². The van der Waals surface area contributed by atoms with Gasteiger partial charge in [0.05, 0.1) is 15.5 Å². The second-order valence-corrected chi connectivity index (χ2v) is 13.2. The molecule has 4 rings (SSSR count). The maximum Gasteiger partial charge on any atom is 0.264 e. The van der Waals surface area contributed by atoms with Gasteiger partial charge in [0.15, 0.2) is 0 Å². The molecule has 0 saturated heterocycles. The van der Waals surface area contributed by atoms with Crippen molar-refractivity contribution >= 4 is 54.6 Å². The predicted molar refractivity (Wildman–Crippen MR) is 159 cm³/mol. The summed E-state index contributed by atoms with van der Waals surface area (Å²) in [5.41, 5.74) is 3.31. The quantitative estimate of drug-likeness (QED) is 0.249. The summed E-state index contributed by atoms with van der Waals surface area (Å²) < 4.78 is 56.4. The van der Waals surface area contributed by atoms with E-state index in [1.54, 1.807) is 55.5 Å². The number of carbonyl (C=O) groups excluding carboxylic acids is 1. The van der Waals surface area contributed by atoms with E-state index in [1.165, 1.54) is 36.4 Å². The standard InChI is InChI=1S/C29H28ClN3O5S2/c1-20-10-14-26(15-11-20)40(37,38)33(28-9-5-8-27(30)22(28)3)19-29(34)31-23-12-16-25(17-13-23)39(35,36)32-24-7-4-6-21(2)18-24/h4-18,32H,19H2,1-3H3,(H,31,34). The highest BCUT2D eigenvalue weighted by Crippen LogP contribution is 2.31. The Bertz CT molecular complexity index is 1760. The molecule has 0 atom stereocenters. The van der Waals surface area contributed by atoms with E-state index < -0.39 is 32.5 Å². The summed E-state index contributed by atoms with van der Waals surface area (Å²) in [6.45, 7) is 4.84. The molecule has 11 heteroatoms. The Hall–Kier alpha value is -3.86. The van der Waals surface area contributed by atoms with Crippen LogP contribution in [0, 0.1) is 20.8 Å². The lowest BCUT2D eigenvalue weighted by Gasteiger charge is -2.26. The molecule has 2 N–H and O–H groups in total. The van der Waals surface area contributed by atoms with Gasteiger partial charge in [-0.1, -0.05) is 47.5 Å². The molecule has 8 nitrogen and oxygen atoms in total. The van der Waals surface area contributed by atoms with Crippen LogP contribution in [0.2, 0.25) is 5.02 Å². The number of sulfonamides is 2. The van der Waals surface area contributed by atoms with Crippen LogP contribution in [0.15, 0.2) is 101 Å². The topological polar surface area (TPSA) is 113 Å². The molecule has 0 saturated carbocycles. The van der Waals surface area contributed by atoms with E-state index in [-0.39, 0.29) is 15.5 Å². The lowest BCUT2D eigenvalue weighted by atomic mass is 10.2. The number of aryl methyl sites for hydroxylation is 2. The van der Waals surface area contributed by atoms with Gasteiger partial charge in [0.1, 0.15) is 6.54 Å². The molecule has 0 spiro atoms. The predicted octanol–water partition coefficient (Wildman–Crippen LogP) is 5.90. The first-order valence-electron chi connectivity index (χ1n) is 12.2. The van der Waals surface area contributed by atoms with Crippen LogP contribution in [0.5, 0.6) is 0 Å². The molecule has 0 bridgehead atoms. The van der Waals surface area contributed by atoms with Crippen LogP contribution in [-0.2, 0) is 24.8 Å². The van der Waals surface area contributed by atoms with Crippen LogP contribution in [0.4, 0.5) is 17.1 Å². The maximum absolute atomic E-state index is 13.7. The summed E-state index contributed by atoms with van der Waals surface area (Å²) in [6.07, 6.45) is 0. The smallest absolute Gasteiger partial charge is 0.264 e. The highest BCUT2D eigenvalue weighted by atomic mass is 35.5. The maximum atomic E-state index is 13.7. The molecule has 0 unspecified atom stereocenters. The molecular formula is C29H28ClN3O5S2. The largest absolute Gasteiger partial charge is 0.325 e. The fourth-order valence-corrected chi connectivity index (χ4v) is 6.67. The third-order valence-corrected chi connectivity index (χ3v) is 9.70. The molecule has 0 radical (unpaired) electrons. The van der Waals surface area contributed by atoms with Crippen LogP contribution in [0.25, 0.3) is 0 Å². The lowest BCUT2D eigenvalue weighted by molar-refractivity contribution is -0.114. The van der Waals surface area contributed by atoms with Gasteiger partial charge in [0, 0.05) is 16.4 Å². The number of hydrogen-bond donors (Lipinski definition) is 2. The van der Waals surface area contributed by atoms with Crippen molar-refractivity contribution in [3.63, 3.8) is 0 Å². The monoisotopic (exact) mass is 597 g/mol. The van der Waals surface area contributed by atoms with Gasteiger partial charge in [-0.25, -0.2) is 16.8 Å². The van der Waals surface area contributed by atoms with Crippen molar-refractivity contribution in [3.05, 3.63) is 113 Å². The van der Waals surface area contributed by atoms with E-state index in [1.807, 2.05) is 19.9 Å². The number of rotatable bonds is 9. The number of carbonyl (C=O) groups is 1. The average Bonchev–Trinajstić information content (AvgIpc) is 2.89. The van der Waals surface area contributed by atoms with Crippen molar-refractivity contribution in [1.29, 1.82) is 0 Å². The molecule has 4 aromatic carbocycles. The summed E-state index contributed by atoms with van der Waals surface area (Å²) in [5, 5.41) is 3.01. The van der Waals surface area contributed by atoms with Crippen molar-refractivity contribution in [2.75, 3.05) is 20.9 Å². The summed E-state index contributed by atoms with van der Waals surface area (Å²) in [5.74, 6) is -0.622. The van der Waals surface area contributed by atoms with Gasteiger partial charge in [-0.05, 0) is 92.6 Å². The molecule has 0 aliphatic heterocycles. The SMILES string of the molecule is Cc1ccc(S(=O)(=O)N(CC(=O)Nc2ccc(S(=O)(=O)Nc3cccc(C)c3)cc2)c2cccc(Cl)c2C)cc1. The first-order valence-corrected chi connectivity index (χ1v) is 15.5. The lowest BCUT2D eigenvalue weighted by Crippen LogP contribution is -2.38. The number of halogens is 1. The summed E-state index contributed by atoms with van der Waals surface area (Å²) in [7, 11) is -7.99. The van der Waals surface area contributed by atoms with E-state index in [9.17, 15) is 21.6 Å². The first-order chi connectivity index (χ1) is 18.9. The van der Waals surface area contributed by atoms with E-state index >= 15 is 0 Å². The van der Waals surface area contributed by atoms with Gasteiger partial charge < -0.3 is 5.32 Å². The van der Waals surface area contributed by atoms with Crippen molar-refractivity contribution in [3.8, 4) is 0 Å². The third kappa shape index (κ3) is 6.64. The molecule has 0 fully saturated rings. The molecule has 208 valence electrons. The molecule has 0 heterocycles. The van der Waals surface area contributed by atoms with Gasteiger partial charge in [-0.2, -0.15) is 0 Å². The minimum atomic E-state index is -4.13. The summed E-state index contributed by atoms with van der Waals surface area (Å²) >= 11 is 6.28. The number of nitrogens with one attached hydrogen (secondary N) is 2. The van der Waals surface area contributed by atoms with Gasteiger partial charge in [0.25, 0.3) is 20.0 Å². The Morgan fingerprint density at radius 3 is 2.02 bits per heavy atom. The number of anilines is 3. The number of benzene rings is 4. The minimum Gasteiger partial charge on any atom is -0.325 e. The number of hydrogen-bond acceptors (Lipinski definition) is 5. The van der Waals surface area contributed by atoms with Crippen LogP contribution in [-0.4, -0.2) is 29.3 Å². The van der Waals surface area contributed by atoms with E-state index in [2.05, 4.69) is 10.0 Å². The van der Waals surface area contributed by atoms with E-state index in [4.69, 9.17) is 11.6 Å². The molecule has 40 heavy (non-hydrogen) atoms. The fraction of sp³-hybridized carbons (Fsp3) is 0.138. The van der Waals surface area contributed by atoms with Crippen LogP contribution >= 0.6 is 11.6 Å². The minimum absolute atomic E-state index is 0.00475. The fourth-order valence-electron chi connectivity index (χ4n) is 3.97. The van der Waals surface area contributed by atoms with Crippen molar-refractivity contribution in [2.45, 2.75) is 30.6 Å².